The van der Waals surface area contributed by atoms with E-state index in [1.807, 2.05) is 61.5 Å². The Labute approximate surface area is 222 Å². The Balaban J connectivity index is 1.81. The molecule has 1 saturated heterocycles. The molecule has 4 rings (SSSR count). The summed E-state index contributed by atoms with van der Waals surface area (Å²) in [6, 6.07) is 21.1. The van der Waals surface area contributed by atoms with Gasteiger partial charge in [-0.05, 0) is 66.9 Å². The van der Waals surface area contributed by atoms with Crippen LogP contribution in [0.2, 0.25) is 5.02 Å². The first-order chi connectivity index (χ1) is 17.8. The van der Waals surface area contributed by atoms with Crippen LogP contribution in [0.3, 0.4) is 0 Å². The third-order valence-electron chi connectivity index (χ3n) is 6.78. The molecular formula is C30H31ClO6. The van der Waals surface area contributed by atoms with Gasteiger partial charge in [-0.25, -0.2) is 4.79 Å². The number of halogens is 1. The number of rotatable bonds is 9. The number of hydrogen-bond acceptors (Lipinski definition) is 5. The molecule has 3 aromatic rings. The molecule has 1 N–H and O–H groups in total. The summed E-state index contributed by atoms with van der Waals surface area (Å²) >= 11 is 6.19. The lowest BCUT2D eigenvalue weighted by atomic mass is 9.74. The van der Waals surface area contributed by atoms with E-state index in [2.05, 4.69) is 6.58 Å². The Kier molecular flexibility index (Phi) is 8.41. The van der Waals surface area contributed by atoms with Crippen LogP contribution in [0.4, 0.5) is 0 Å². The van der Waals surface area contributed by atoms with E-state index in [1.165, 1.54) is 0 Å². The first kappa shape index (κ1) is 26.6. The number of hydrogen-bond donors (Lipinski definition) is 1. The maximum absolute atomic E-state index is 11.3. The number of aliphatic carboxylic acids is 1. The lowest BCUT2D eigenvalue weighted by molar-refractivity contribution is -0.139. The standard InChI is InChI=1S/C30H31ClO6/c1-18(2)24-16-25(19-5-9-21(31)10-6-19)29(20-7-11-22(34-3)12-8-20)37-30(24)26-15-23(35-4)13-14-27(26)36-17-28(32)33/h5-15,24-25,29-30H,1,16-17H2,2-4H3,(H,32,33)/t24-,25-,29+,30+/m1/s1. The Morgan fingerprint density at radius 3 is 2.19 bits per heavy atom. The van der Waals surface area contributed by atoms with Gasteiger partial charge in [-0.1, -0.05) is 48.0 Å². The summed E-state index contributed by atoms with van der Waals surface area (Å²) in [6.07, 6.45) is 0.0201. The molecule has 0 bridgehead atoms. The number of methoxy groups -OCH3 is 2. The minimum absolute atomic E-state index is 0.0256. The van der Waals surface area contributed by atoms with Crippen molar-refractivity contribution in [2.75, 3.05) is 20.8 Å². The predicted molar refractivity (Wildman–Crippen MR) is 143 cm³/mol. The molecular weight excluding hydrogens is 492 g/mol. The maximum atomic E-state index is 11.3. The molecule has 37 heavy (non-hydrogen) atoms. The summed E-state index contributed by atoms with van der Waals surface area (Å²) < 4.78 is 23.5. The zero-order valence-corrected chi connectivity index (χ0v) is 21.9. The van der Waals surface area contributed by atoms with Crippen LogP contribution in [0.1, 0.15) is 48.2 Å². The van der Waals surface area contributed by atoms with Crippen molar-refractivity contribution in [3.8, 4) is 17.2 Å². The molecule has 0 aromatic heterocycles. The van der Waals surface area contributed by atoms with Gasteiger partial charge in [0.05, 0.1) is 26.4 Å². The van der Waals surface area contributed by atoms with Gasteiger partial charge in [0.25, 0.3) is 0 Å². The SMILES string of the molecule is C=C(C)[C@H]1C[C@H](c2ccc(Cl)cc2)[C@H](c2ccc(OC)cc2)O[C@@H]1c1cc(OC)ccc1OCC(=O)O. The third kappa shape index (κ3) is 6.09. The third-order valence-corrected chi connectivity index (χ3v) is 7.03. The molecule has 0 saturated carbocycles. The predicted octanol–water partition coefficient (Wildman–Crippen LogP) is 7.00. The zero-order chi connectivity index (χ0) is 26.5. The summed E-state index contributed by atoms with van der Waals surface area (Å²) in [7, 11) is 3.23. The van der Waals surface area contributed by atoms with Crippen LogP contribution in [-0.2, 0) is 9.53 Å². The average molecular weight is 523 g/mol. The van der Waals surface area contributed by atoms with Crippen LogP contribution < -0.4 is 14.2 Å². The van der Waals surface area contributed by atoms with Crippen LogP contribution in [0.15, 0.2) is 78.9 Å². The number of carbonyl (C=O) groups is 1. The number of benzene rings is 3. The molecule has 0 amide bonds. The highest BCUT2D eigenvalue weighted by Gasteiger charge is 2.41. The average Bonchev–Trinajstić information content (AvgIpc) is 2.91. The van der Waals surface area contributed by atoms with Gasteiger partial charge in [-0.15, -0.1) is 0 Å². The second-order valence-electron chi connectivity index (χ2n) is 9.18. The Morgan fingerprint density at radius 1 is 0.973 bits per heavy atom. The monoisotopic (exact) mass is 522 g/mol. The Bertz CT molecular complexity index is 1240. The summed E-state index contributed by atoms with van der Waals surface area (Å²) in [4.78, 5) is 11.3. The smallest absolute Gasteiger partial charge is 0.341 e. The second kappa shape index (κ2) is 11.7. The zero-order valence-electron chi connectivity index (χ0n) is 21.1. The van der Waals surface area contributed by atoms with Crippen molar-refractivity contribution < 1.29 is 28.8 Å². The van der Waals surface area contributed by atoms with Crippen molar-refractivity contribution in [2.45, 2.75) is 31.5 Å². The van der Waals surface area contributed by atoms with E-state index in [1.54, 1.807) is 26.4 Å². The Morgan fingerprint density at radius 2 is 1.59 bits per heavy atom. The van der Waals surface area contributed by atoms with Crippen molar-refractivity contribution in [3.63, 3.8) is 0 Å². The summed E-state index contributed by atoms with van der Waals surface area (Å²) in [5, 5.41) is 9.89. The van der Waals surface area contributed by atoms with E-state index in [0.717, 1.165) is 34.4 Å². The molecule has 1 fully saturated rings. The molecule has 1 aliphatic heterocycles. The van der Waals surface area contributed by atoms with Gasteiger partial charge in [0.2, 0.25) is 0 Å². The molecule has 3 aromatic carbocycles. The van der Waals surface area contributed by atoms with Crippen molar-refractivity contribution >= 4 is 17.6 Å². The van der Waals surface area contributed by atoms with E-state index < -0.39 is 18.7 Å². The normalized spacial score (nSPS) is 21.2. The van der Waals surface area contributed by atoms with Gasteiger partial charge in [0.15, 0.2) is 6.61 Å². The molecule has 6 nitrogen and oxygen atoms in total. The lowest BCUT2D eigenvalue weighted by Crippen LogP contribution is -2.32. The summed E-state index contributed by atoms with van der Waals surface area (Å²) in [5.74, 6) is 0.741. The van der Waals surface area contributed by atoms with E-state index in [0.29, 0.717) is 16.5 Å². The van der Waals surface area contributed by atoms with Gasteiger partial charge in [0.1, 0.15) is 17.2 Å². The number of carboxylic acids is 1. The first-order valence-corrected chi connectivity index (χ1v) is 12.4. The molecule has 0 unspecified atom stereocenters. The van der Waals surface area contributed by atoms with Gasteiger partial charge < -0.3 is 24.1 Å². The molecule has 4 atom stereocenters. The van der Waals surface area contributed by atoms with Crippen molar-refractivity contribution in [1.82, 2.24) is 0 Å². The summed E-state index contributed by atoms with van der Waals surface area (Å²) in [6.45, 7) is 5.81. The van der Waals surface area contributed by atoms with Gasteiger partial charge in [-0.3, -0.25) is 0 Å². The molecule has 1 heterocycles. The second-order valence-corrected chi connectivity index (χ2v) is 9.62. The highest BCUT2D eigenvalue weighted by molar-refractivity contribution is 6.30. The number of ether oxygens (including phenoxy) is 4. The van der Waals surface area contributed by atoms with Gasteiger partial charge in [0, 0.05) is 22.4 Å². The summed E-state index contributed by atoms with van der Waals surface area (Å²) in [5.41, 5.74) is 3.80. The number of carboxylic acid groups (broad SMARTS) is 1. The molecule has 1 aliphatic rings. The molecule has 194 valence electrons. The van der Waals surface area contributed by atoms with E-state index in [-0.39, 0.29) is 17.9 Å². The first-order valence-electron chi connectivity index (χ1n) is 12.0. The highest BCUT2D eigenvalue weighted by Crippen LogP contribution is 2.53. The molecule has 0 spiro atoms. The van der Waals surface area contributed by atoms with Crippen molar-refractivity contribution in [3.05, 3.63) is 101 Å². The fraction of sp³-hybridized carbons (Fsp3) is 0.300. The lowest BCUT2D eigenvalue weighted by Gasteiger charge is -2.43. The molecule has 0 radical (unpaired) electrons. The van der Waals surface area contributed by atoms with Crippen LogP contribution in [-0.4, -0.2) is 31.9 Å². The van der Waals surface area contributed by atoms with E-state index >= 15 is 0 Å². The molecule has 0 aliphatic carbocycles. The van der Waals surface area contributed by atoms with Crippen LogP contribution >= 0.6 is 11.6 Å². The topological polar surface area (TPSA) is 74.2 Å². The Hall–Kier alpha value is -3.48. The minimum Gasteiger partial charge on any atom is -0.497 e. The quantitative estimate of drug-likeness (QED) is 0.305. The highest BCUT2D eigenvalue weighted by atomic mass is 35.5. The van der Waals surface area contributed by atoms with Gasteiger partial charge >= 0.3 is 5.97 Å². The molecule has 7 heteroatoms. The van der Waals surface area contributed by atoms with Crippen LogP contribution in [0.5, 0.6) is 17.2 Å². The van der Waals surface area contributed by atoms with Crippen LogP contribution in [0.25, 0.3) is 0 Å². The largest absolute Gasteiger partial charge is 0.497 e. The fourth-order valence-electron chi connectivity index (χ4n) is 4.89. The van der Waals surface area contributed by atoms with E-state index in [9.17, 15) is 9.90 Å². The minimum atomic E-state index is -1.05. The van der Waals surface area contributed by atoms with Crippen LogP contribution in [0, 0.1) is 5.92 Å². The van der Waals surface area contributed by atoms with Gasteiger partial charge in [-0.2, -0.15) is 0 Å². The van der Waals surface area contributed by atoms with Crippen molar-refractivity contribution in [2.24, 2.45) is 5.92 Å². The fourth-order valence-corrected chi connectivity index (χ4v) is 5.02. The van der Waals surface area contributed by atoms with E-state index in [4.69, 9.17) is 30.5 Å². The maximum Gasteiger partial charge on any atom is 0.341 e. The van der Waals surface area contributed by atoms with Crippen molar-refractivity contribution in [1.29, 1.82) is 0 Å².